The number of nitrogens with two attached hydrogens (primary N) is 3. The minimum Gasteiger partial charge on any atom is -0.423 e. The Kier molecular flexibility index (Phi) is 10.3. The lowest BCUT2D eigenvalue weighted by Gasteiger charge is -2.23. The summed E-state index contributed by atoms with van der Waals surface area (Å²) in [5.41, 5.74) is 18.4. The van der Waals surface area contributed by atoms with Gasteiger partial charge in [0.15, 0.2) is 5.78 Å². The van der Waals surface area contributed by atoms with Gasteiger partial charge in [0.05, 0.1) is 23.2 Å². The van der Waals surface area contributed by atoms with Crippen molar-refractivity contribution < 1.29 is 37.2 Å². The Bertz CT molecular complexity index is 1320. The number of hydrogen-bond donors (Lipinski definition) is 5. The topological polar surface area (TPSA) is 174 Å². The van der Waals surface area contributed by atoms with E-state index in [4.69, 9.17) is 21.9 Å². The zero-order valence-corrected chi connectivity index (χ0v) is 23.7. The molecule has 1 fully saturated rings. The third kappa shape index (κ3) is 8.01. The molecule has 0 radical (unpaired) electrons. The Balaban J connectivity index is 1.46. The van der Waals surface area contributed by atoms with Crippen LogP contribution < -0.4 is 28.0 Å². The van der Waals surface area contributed by atoms with Gasteiger partial charge < -0.3 is 37.1 Å². The molecule has 1 saturated carbocycles. The number of hydrogen-bond acceptors (Lipinski definition) is 8. The first-order chi connectivity index (χ1) is 20.4. The van der Waals surface area contributed by atoms with E-state index in [1.54, 1.807) is 12.1 Å². The van der Waals surface area contributed by atoms with E-state index in [0.29, 0.717) is 29.7 Å². The van der Waals surface area contributed by atoms with Crippen molar-refractivity contribution in [3.05, 3.63) is 64.7 Å². The molecule has 2 aromatic carbocycles. The number of carbonyl (C=O) groups excluding carboxylic acids is 3. The quantitative estimate of drug-likeness (QED) is 0.189. The molecule has 2 aromatic rings. The second-order valence-electron chi connectivity index (χ2n) is 11.1. The van der Waals surface area contributed by atoms with Crippen LogP contribution in [0.25, 0.3) is 0 Å². The number of nitrogens with one attached hydrogen (secondary N) is 1. The van der Waals surface area contributed by atoms with Crippen molar-refractivity contribution in [3.63, 3.8) is 0 Å². The van der Waals surface area contributed by atoms with Gasteiger partial charge in [0.2, 0.25) is 11.8 Å². The van der Waals surface area contributed by atoms with Crippen molar-refractivity contribution in [3.8, 4) is 0 Å². The predicted octanol–water partition coefficient (Wildman–Crippen LogP) is 0.105. The fraction of sp³-hybridized carbons (Fsp3) is 0.483. The van der Waals surface area contributed by atoms with E-state index in [1.165, 1.54) is 17.0 Å². The van der Waals surface area contributed by atoms with Gasteiger partial charge in [-0.3, -0.25) is 14.4 Å². The van der Waals surface area contributed by atoms with Crippen LogP contribution in [0.3, 0.4) is 0 Å². The van der Waals surface area contributed by atoms with Gasteiger partial charge in [-0.25, -0.2) is 0 Å². The predicted molar refractivity (Wildman–Crippen MR) is 154 cm³/mol. The smallest absolute Gasteiger partial charge is 0.423 e. The van der Waals surface area contributed by atoms with Crippen molar-refractivity contribution in [1.29, 1.82) is 0 Å². The Morgan fingerprint density at radius 2 is 1.67 bits per heavy atom. The highest BCUT2D eigenvalue weighted by molar-refractivity contribution is 6.62. The summed E-state index contributed by atoms with van der Waals surface area (Å²) in [5.74, 6) is -1.33. The first kappa shape index (κ1) is 32.6. The summed E-state index contributed by atoms with van der Waals surface area (Å²) >= 11 is 0. The first-order valence-electron chi connectivity index (χ1n) is 14.3. The molecule has 0 aromatic heterocycles. The second-order valence-corrected chi connectivity index (χ2v) is 11.1. The summed E-state index contributed by atoms with van der Waals surface area (Å²) in [6, 6.07) is 7.42. The van der Waals surface area contributed by atoms with Crippen LogP contribution >= 0.6 is 0 Å². The van der Waals surface area contributed by atoms with Crippen molar-refractivity contribution in [1.82, 2.24) is 10.2 Å². The third-order valence-corrected chi connectivity index (χ3v) is 7.88. The molecular weight excluding hydrogens is 566 g/mol. The SMILES string of the molecule is NCCN(CCN)C(=O)CC[C@H](N)C(=O)N[C@H](Cc1ccc(C(F)(F)F)cc1)C(=O)Cc1ccc2c(c1)B(O)OC21CC1. The van der Waals surface area contributed by atoms with Crippen molar-refractivity contribution in [2.24, 2.45) is 17.2 Å². The molecule has 1 heterocycles. The molecule has 2 aliphatic rings. The number of ketones is 1. The maximum absolute atomic E-state index is 13.5. The van der Waals surface area contributed by atoms with Gasteiger partial charge in [-0.2, -0.15) is 13.2 Å². The minimum atomic E-state index is -4.52. The number of alkyl halides is 3. The summed E-state index contributed by atoms with van der Waals surface area (Å²) in [6.45, 7) is 1.13. The van der Waals surface area contributed by atoms with E-state index >= 15 is 0 Å². The number of amides is 2. The maximum atomic E-state index is 13.5. The molecule has 43 heavy (non-hydrogen) atoms. The molecule has 0 saturated heterocycles. The van der Waals surface area contributed by atoms with Gasteiger partial charge >= 0.3 is 13.3 Å². The van der Waals surface area contributed by atoms with Gasteiger partial charge in [-0.15, -0.1) is 0 Å². The van der Waals surface area contributed by atoms with Gasteiger partial charge in [0.1, 0.15) is 0 Å². The summed E-state index contributed by atoms with van der Waals surface area (Å²) in [4.78, 5) is 40.6. The van der Waals surface area contributed by atoms with Crippen LogP contribution in [0.2, 0.25) is 0 Å². The summed E-state index contributed by atoms with van der Waals surface area (Å²) in [5, 5.41) is 13.0. The zero-order chi connectivity index (χ0) is 31.4. The van der Waals surface area contributed by atoms with Crippen LogP contribution in [-0.4, -0.2) is 72.9 Å². The Hall–Kier alpha value is -3.30. The van der Waals surface area contributed by atoms with E-state index in [9.17, 15) is 32.6 Å². The highest BCUT2D eigenvalue weighted by Gasteiger charge is 2.55. The highest BCUT2D eigenvalue weighted by atomic mass is 19.4. The number of benzene rings is 2. The van der Waals surface area contributed by atoms with Gasteiger partial charge in [-0.05, 0) is 60.0 Å². The van der Waals surface area contributed by atoms with E-state index < -0.39 is 48.2 Å². The number of rotatable bonds is 14. The average molecular weight is 603 g/mol. The molecule has 14 heteroatoms. The van der Waals surface area contributed by atoms with Gasteiger partial charge in [0.25, 0.3) is 0 Å². The standard InChI is InChI=1S/C29H37BF3N5O5/c31-29(32,33)20-4-1-18(2-5-20)16-24(37-27(41)23(36)7-8-26(40)38(13-11-34)14-12-35)25(39)17-19-3-6-21-22(15-19)30(42)43-28(21)9-10-28/h1-6,15,23-24,42H,7-14,16-17,34-36H2,(H,37,41)/t23-,24+/m0/s1. The average Bonchev–Trinajstić information content (AvgIpc) is 3.69. The fourth-order valence-electron chi connectivity index (χ4n) is 5.34. The monoisotopic (exact) mass is 603 g/mol. The van der Waals surface area contributed by atoms with E-state index in [0.717, 1.165) is 30.5 Å². The molecule has 10 nitrogen and oxygen atoms in total. The number of carbonyl (C=O) groups is 3. The Labute approximate surface area is 248 Å². The number of fused-ring (bicyclic) bond motifs is 2. The highest BCUT2D eigenvalue weighted by Crippen LogP contribution is 2.51. The van der Waals surface area contributed by atoms with Gasteiger partial charge in [0, 0.05) is 39.0 Å². The van der Waals surface area contributed by atoms with Crippen molar-refractivity contribution in [2.45, 2.75) is 62.4 Å². The van der Waals surface area contributed by atoms with Gasteiger partial charge in [-0.1, -0.05) is 30.3 Å². The Morgan fingerprint density at radius 1 is 1.05 bits per heavy atom. The van der Waals surface area contributed by atoms with Crippen LogP contribution in [0.5, 0.6) is 0 Å². The maximum Gasteiger partial charge on any atom is 0.492 e. The molecule has 1 spiro atoms. The lowest BCUT2D eigenvalue weighted by atomic mass is 9.77. The van der Waals surface area contributed by atoms with E-state index in [1.807, 2.05) is 6.07 Å². The number of nitrogens with zero attached hydrogens (tertiary/aromatic N) is 1. The molecule has 0 bridgehead atoms. The lowest BCUT2D eigenvalue weighted by molar-refractivity contribution is -0.137. The number of halogens is 3. The zero-order valence-electron chi connectivity index (χ0n) is 23.7. The molecule has 232 valence electrons. The molecule has 1 aliphatic carbocycles. The largest absolute Gasteiger partial charge is 0.492 e. The lowest BCUT2D eigenvalue weighted by Crippen LogP contribution is -2.50. The molecule has 2 atom stereocenters. The molecule has 8 N–H and O–H groups in total. The minimum absolute atomic E-state index is 0.00194. The van der Waals surface area contributed by atoms with Crippen LogP contribution in [0, 0.1) is 0 Å². The fourth-order valence-corrected chi connectivity index (χ4v) is 5.34. The molecule has 0 unspecified atom stereocenters. The van der Waals surface area contributed by atoms with Crippen LogP contribution in [0.15, 0.2) is 42.5 Å². The van der Waals surface area contributed by atoms with Crippen molar-refractivity contribution in [2.75, 3.05) is 26.2 Å². The third-order valence-electron chi connectivity index (χ3n) is 7.88. The molecule has 2 amide bonds. The molecular formula is C29H37BF3N5O5. The van der Waals surface area contributed by atoms with Crippen LogP contribution in [0.4, 0.5) is 13.2 Å². The summed E-state index contributed by atoms with van der Waals surface area (Å²) in [7, 11) is -1.10. The first-order valence-corrected chi connectivity index (χ1v) is 14.3. The Morgan fingerprint density at radius 3 is 2.26 bits per heavy atom. The number of Topliss-reactive ketones (excluding diaryl/α,β-unsaturated/α-hetero) is 1. The second kappa shape index (κ2) is 13.6. The van der Waals surface area contributed by atoms with E-state index in [-0.39, 0.29) is 44.7 Å². The van der Waals surface area contributed by atoms with E-state index in [2.05, 4.69) is 5.32 Å². The van der Waals surface area contributed by atoms with Crippen LogP contribution in [0.1, 0.15) is 47.9 Å². The summed E-state index contributed by atoms with van der Waals surface area (Å²) in [6.07, 6.45) is -3.12. The summed E-state index contributed by atoms with van der Waals surface area (Å²) < 4.78 is 44.9. The normalized spacial score (nSPS) is 16.5. The van der Waals surface area contributed by atoms with Crippen LogP contribution in [-0.2, 0) is 43.7 Å². The molecule has 1 aliphatic heterocycles. The molecule has 4 rings (SSSR count). The van der Waals surface area contributed by atoms with Crippen molar-refractivity contribution >= 4 is 30.2 Å².